The van der Waals surface area contributed by atoms with Crippen LogP contribution in [-0.2, 0) is 6.42 Å². The van der Waals surface area contributed by atoms with E-state index < -0.39 is 0 Å². The van der Waals surface area contributed by atoms with Crippen LogP contribution in [0.4, 0.5) is 0 Å². The van der Waals surface area contributed by atoms with E-state index >= 15 is 0 Å². The van der Waals surface area contributed by atoms with Crippen LogP contribution >= 0.6 is 0 Å². The summed E-state index contributed by atoms with van der Waals surface area (Å²) in [7, 11) is 0. The molecule has 16 heavy (non-hydrogen) atoms. The van der Waals surface area contributed by atoms with Gasteiger partial charge in [-0.2, -0.15) is 0 Å². The number of benzene rings is 1. The van der Waals surface area contributed by atoms with Crippen molar-refractivity contribution in [1.29, 1.82) is 0 Å². The summed E-state index contributed by atoms with van der Waals surface area (Å²) in [6.45, 7) is 5.28. The molecule has 0 amide bonds. The van der Waals surface area contributed by atoms with Gasteiger partial charge in [0.25, 0.3) is 0 Å². The molecule has 1 aromatic rings. The monoisotopic (exact) mass is 216 g/mol. The highest BCUT2D eigenvalue weighted by Gasteiger charge is 2.21. The van der Waals surface area contributed by atoms with Crippen LogP contribution in [0.5, 0.6) is 0 Å². The van der Waals surface area contributed by atoms with Crippen LogP contribution in [0.1, 0.15) is 19.4 Å². The summed E-state index contributed by atoms with van der Waals surface area (Å²) in [6, 6.07) is 10.4. The highest BCUT2D eigenvalue weighted by Crippen LogP contribution is 2.11. The summed E-state index contributed by atoms with van der Waals surface area (Å²) < 4.78 is 0. The quantitative estimate of drug-likeness (QED) is 0.733. The number of rotatable bonds is 5. The first kappa shape index (κ1) is 12.8. The SMILES string of the molecule is CC#CCNC(C)(CN)Cc1ccccc1. The van der Waals surface area contributed by atoms with E-state index in [1.807, 2.05) is 13.0 Å². The highest BCUT2D eigenvalue weighted by atomic mass is 15.0. The van der Waals surface area contributed by atoms with Crippen molar-refractivity contribution in [2.75, 3.05) is 13.1 Å². The van der Waals surface area contributed by atoms with Crippen molar-refractivity contribution in [1.82, 2.24) is 5.32 Å². The minimum Gasteiger partial charge on any atom is -0.329 e. The normalized spacial score (nSPS) is 13.7. The fraction of sp³-hybridized carbons (Fsp3) is 0.429. The predicted octanol–water partition coefficient (Wildman–Crippen LogP) is 1.56. The zero-order valence-corrected chi connectivity index (χ0v) is 10.1. The van der Waals surface area contributed by atoms with E-state index in [9.17, 15) is 0 Å². The van der Waals surface area contributed by atoms with Crippen molar-refractivity contribution in [3.63, 3.8) is 0 Å². The summed E-state index contributed by atoms with van der Waals surface area (Å²) in [6.07, 6.45) is 0.926. The molecule has 0 heterocycles. The van der Waals surface area contributed by atoms with Gasteiger partial charge in [-0.15, -0.1) is 5.92 Å². The predicted molar refractivity (Wildman–Crippen MR) is 69.1 cm³/mol. The smallest absolute Gasteiger partial charge is 0.0581 e. The second kappa shape index (κ2) is 6.32. The summed E-state index contributed by atoms with van der Waals surface area (Å²) >= 11 is 0. The number of nitrogens with one attached hydrogen (secondary N) is 1. The average Bonchev–Trinajstić information content (AvgIpc) is 2.31. The fourth-order valence-electron chi connectivity index (χ4n) is 1.60. The Morgan fingerprint density at radius 3 is 2.56 bits per heavy atom. The van der Waals surface area contributed by atoms with Gasteiger partial charge in [-0.1, -0.05) is 36.3 Å². The van der Waals surface area contributed by atoms with Crippen LogP contribution in [0.15, 0.2) is 30.3 Å². The molecule has 0 radical (unpaired) electrons. The third-order valence-electron chi connectivity index (χ3n) is 2.67. The van der Waals surface area contributed by atoms with E-state index in [-0.39, 0.29) is 5.54 Å². The molecule has 0 aliphatic heterocycles. The molecule has 0 saturated heterocycles. The molecule has 2 heteroatoms. The second-order valence-corrected chi connectivity index (χ2v) is 4.21. The molecule has 0 fully saturated rings. The zero-order chi connectivity index (χ0) is 11.9. The molecule has 1 atom stereocenters. The molecular formula is C14H20N2. The van der Waals surface area contributed by atoms with Crippen molar-refractivity contribution in [2.45, 2.75) is 25.8 Å². The third kappa shape index (κ3) is 4.06. The lowest BCUT2D eigenvalue weighted by molar-refractivity contribution is 0.380. The maximum atomic E-state index is 5.83. The Labute approximate surface area is 98.2 Å². The largest absolute Gasteiger partial charge is 0.329 e. The molecule has 3 N–H and O–H groups in total. The van der Waals surface area contributed by atoms with E-state index in [1.165, 1.54) is 5.56 Å². The average molecular weight is 216 g/mol. The lowest BCUT2D eigenvalue weighted by Crippen LogP contribution is -2.50. The van der Waals surface area contributed by atoms with Gasteiger partial charge < -0.3 is 5.73 Å². The van der Waals surface area contributed by atoms with Gasteiger partial charge in [0.15, 0.2) is 0 Å². The maximum Gasteiger partial charge on any atom is 0.0581 e. The number of nitrogens with two attached hydrogens (primary N) is 1. The van der Waals surface area contributed by atoms with Crippen LogP contribution in [0.3, 0.4) is 0 Å². The fourth-order valence-corrected chi connectivity index (χ4v) is 1.60. The third-order valence-corrected chi connectivity index (χ3v) is 2.67. The summed E-state index contributed by atoms with van der Waals surface area (Å²) in [4.78, 5) is 0. The van der Waals surface area contributed by atoms with Crippen molar-refractivity contribution in [2.24, 2.45) is 5.73 Å². The molecule has 0 aliphatic carbocycles. The van der Waals surface area contributed by atoms with Crippen molar-refractivity contribution >= 4 is 0 Å². The molecule has 1 aromatic carbocycles. The van der Waals surface area contributed by atoms with Crippen LogP contribution in [0.25, 0.3) is 0 Å². The molecule has 0 aromatic heterocycles. The van der Waals surface area contributed by atoms with E-state index in [2.05, 4.69) is 48.3 Å². The van der Waals surface area contributed by atoms with E-state index in [0.717, 1.165) is 6.42 Å². The highest BCUT2D eigenvalue weighted by molar-refractivity contribution is 5.18. The van der Waals surface area contributed by atoms with Crippen molar-refractivity contribution in [3.8, 4) is 11.8 Å². The molecule has 0 aliphatic rings. The Morgan fingerprint density at radius 1 is 1.31 bits per heavy atom. The van der Waals surface area contributed by atoms with Gasteiger partial charge in [-0.05, 0) is 25.8 Å². The first-order chi connectivity index (χ1) is 7.70. The van der Waals surface area contributed by atoms with Gasteiger partial charge in [-0.25, -0.2) is 0 Å². The Hall–Kier alpha value is -1.30. The Balaban J connectivity index is 2.61. The molecule has 2 nitrogen and oxygen atoms in total. The van der Waals surface area contributed by atoms with Crippen LogP contribution in [0, 0.1) is 11.8 Å². The van der Waals surface area contributed by atoms with E-state index in [0.29, 0.717) is 13.1 Å². The van der Waals surface area contributed by atoms with Gasteiger partial charge >= 0.3 is 0 Å². The van der Waals surface area contributed by atoms with Crippen LogP contribution in [-0.4, -0.2) is 18.6 Å². The first-order valence-electron chi connectivity index (χ1n) is 5.59. The minimum atomic E-state index is -0.0782. The maximum absolute atomic E-state index is 5.83. The Kier molecular flexibility index (Phi) is 5.04. The minimum absolute atomic E-state index is 0.0782. The molecule has 1 rings (SSSR count). The van der Waals surface area contributed by atoms with Gasteiger partial charge in [0, 0.05) is 12.1 Å². The first-order valence-corrected chi connectivity index (χ1v) is 5.59. The van der Waals surface area contributed by atoms with Gasteiger partial charge in [0.2, 0.25) is 0 Å². The standard InChI is InChI=1S/C14H20N2/c1-3-4-10-16-14(2,12-15)11-13-8-6-5-7-9-13/h5-9,16H,10-12,15H2,1-2H3. The number of hydrogen-bond donors (Lipinski definition) is 2. The summed E-state index contributed by atoms with van der Waals surface area (Å²) in [5.74, 6) is 5.88. The Morgan fingerprint density at radius 2 is 2.00 bits per heavy atom. The van der Waals surface area contributed by atoms with Gasteiger partial charge in [0.1, 0.15) is 0 Å². The van der Waals surface area contributed by atoms with Crippen molar-refractivity contribution < 1.29 is 0 Å². The lowest BCUT2D eigenvalue weighted by Gasteiger charge is -2.28. The van der Waals surface area contributed by atoms with E-state index in [4.69, 9.17) is 5.73 Å². The van der Waals surface area contributed by atoms with Crippen LogP contribution < -0.4 is 11.1 Å². The molecule has 0 spiro atoms. The summed E-state index contributed by atoms with van der Waals surface area (Å²) in [5.41, 5.74) is 7.05. The number of hydrogen-bond acceptors (Lipinski definition) is 2. The second-order valence-electron chi connectivity index (χ2n) is 4.21. The molecule has 0 bridgehead atoms. The zero-order valence-electron chi connectivity index (χ0n) is 10.1. The Bertz CT molecular complexity index is 361. The topological polar surface area (TPSA) is 38.0 Å². The van der Waals surface area contributed by atoms with Crippen molar-refractivity contribution in [3.05, 3.63) is 35.9 Å². The van der Waals surface area contributed by atoms with Crippen LogP contribution in [0.2, 0.25) is 0 Å². The molecule has 1 unspecified atom stereocenters. The lowest BCUT2D eigenvalue weighted by atomic mass is 9.93. The summed E-state index contributed by atoms with van der Waals surface area (Å²) in [5, 5.41) is 3.40. The van der Waals surface area contributed by atoms with Gasteiger partial charge in [-0.3, -0.25) is 5.32 Å². The molecule has 86 valence electrons. The van der Waals surface area contributed by atoms with Gasteiger partial charge in [0.05, 0.1) is 6.54 Å². The molecule has 0 saturated carbocycles. The molecular weight excluding hydrogens is 196 g/mol. The van der Waals surface area contributed by atoms with E-state index in [1.54, 1.807) is 0 Å².